The summed E-state index contributed by atoms with van der Waals surface area (Å²) in [5.74, 6) is 1.18. The molecule has 3 rings (SSSR count). The molecule has 0 unspecified atom stereocenters. The molecule has 3 aromatic rings. The Balaban J connectivity index is 1.77. The van der Waals surface area contributed by atoms with Crippen LogP contribution in [0, 0.1) is 0 Å². The lowest BCUT2D eigenvalue weighted by Gasteiger charge is -2.19. The molecule has 0 bridgehead atoms. The van der Waals surface area contributed by atoms with E-state index in [0.717, 1.165) is 5.75 Å². The highest BCUT2D eigenvalue weighted by molar-refractivity contribution is 6.05. The van der Waals surface area contributed by atoms with Crippen molar-refractivity contribution in [2.24, 2.45) is 0 Å². The van der Waals surface area contributed by atoms with Gasteiger partial charge in [0.1, 0.15) is 5.75 Å². The lowest BCUT2D eigenvalue weighted by atomic mass is 9.87. The van der Waals surface area contributed by atoms with Crippen LogP contribution in [0.2, 0.25) is 0 Å². The van der Waals surface area contributed by atoms with E-state index in [1.165, 1.54) is 5.56 Å². The van der Waals surface area contributed by atoms with E-state index in [4.69, 9.17) is 4.74 Å². The molecule has 26 heavy (non-hydrogen) atoms. The number of rotatable bonds is 4. The Labute approximate surface area is 154 Å². The molecule has 3 nitrogen and oxygen atoms in total. The fourth-order valence-corrected chi connectivity index (χ4v) is 2.59. The number of hydrogen-bond donors (Lipinski definition) is 1. The Hall–Kier alpha value is -3.07. The largest absolute Gasteiger partial charge is 0.455 e. The number of nitrogens with one attached hydrogen (secondary N) is 1. The van der Waals surface area contributed by atoms with Crippen molar-refractivity contribution in [3.05, 3.63) is 90.0 Å². The Kier molecular flexibility index (Phi) is 5.08. The molecule has 3 aromatic carbocycles. The zero-order valence-electron chi connectivity index (χ0n) is 15.3. The molecule has 0 saturated carbocycles. The maximum Gasteiger partial charge on any atom is 0.255 e. The second kappa shape index (κ2) is 7.44. The number of carbonyl (C=O) groups excluding carboxylic acids is 1. The summed E-state index contributed by atoms with van der Waals surface area (Å²) in [5.41, 5.74) is 2.51. The van der Waals surface area contributed by atoms with Crippen molar-refractivity contribution in [2.45, 2.75) is 26.2 Å². The summed E-state index contributed by atoms with van der Waals surface area (Å²) in [6, 6.07) is 24.7. The summed E-state index contributed by atoms with van der Waals surface area (Å²) in [5, 5.41) is 2.94. The number of ether oxygens (including phenoxy) is 1. The molecule has 0 radical (unpaired) electrons. The molecule has 0 saturated heterocycles. The van der Waals surface area contributed by atoms with Gasteiger partial charge in [0.15, 0.2) is 5.75 Å². The number of anilines is 1. The van der Waals surface area contributed by atoms with Crippen LogP contribution >= 0.6 is 0 Å². The standard InChI is InChI=1S/C23H23NO2/c1-23(2,3)18-15-13-17(14-16-18)22(25)24-20-11-7-8-12-21(20)26-19-9-5-4-6-10-19/h4-16H,1-3H3,(H,24,25). The van der Waals surface area contributed by atoms with Gasteiger partial charge in [-0.2, -0.15) is 0 Å². The molecule has 0 aliphatic rings. The fraction of sp³-hybridized carbons (Fsp3) is 0.174. The third-order valence-electron chi connectivity index (χ3n) is 4.12. The number of benzene rings is 3. The van der Waals surface area contributed by atoms with E-state index >= 15 is 0 Å². The second-order valence-electron chi connectivity index (χ2n) is 7.19. The first kappa shape index (κ1) is 17.7. The molecule has 0 spiro atoms. The van der Waals surface area contributed by atoms with Crippen molar-refractivity contribution in [2.75, 3.05) is 5.32 Å². The molecular weight excluding hydrogens is 322 g/mol. The maximum atomic E-state index is 12.6. The van der Waals surface area contributed by atoms with Crippen LogP contribution in [-0.2, 0) is 5.41 Å². The highest BCUT2D eigenvalue weighted by Crippen LogP contribution is 2.29. The van der Waals surface area contributed by atoms with Crippen LogP contribution < -0.4 is 10.1 Å². The van der Waals surface area contributed by atoms with Gasteiger partial charge in [-0.15, -0.1) is 0 Å². The molecule has 3 heteroatoms. The van der Waals surface area contributed by atoms with E-state index in [-0.39, 0.29) is 11.3 Å². The predicted molar refractivity (Wildman–Crippen MR) is 106 cm³/mol. The number of hydrogen-bond acceptors (Lipinski definition) is 2. The third-order valence-corrected chi connectivity index (χ3v) is 4.12. The quantitative estimate of drug-likeness (QED) is 0.627. The lowest BCUT2D eigenvalue weighted by Crippen LogP contribution is -2.14. The van der Waals surface area contributed by atoms with Crippen molar-refractivity contribution in [1.29, 1.82) is 0 Å². The third kappa shape index (κ3) is 4.31. The highest BCUT2D eigenvalue weighted by Gasteiger charge is 2.15. The summed E-state index contributed by atoms with van der Waals surface area (Å²) in [7, 11) is 0. The number of amides is 1. The van der Waals surface area contributed by atoms with E-state index < -0.39 is 0 Å². The van der Waals surface area contributed by atoms with Gasteiger partial charge in [0.2, 0.25) is 0 Å². The first-order valence-corrected chi connectivity index (χ1v) is 8.67. The average molecular weight is 345 g/mol. The van der Waals surface area contributed by atoms with Gasteiger partial charge in [0.25, 0.3) is 5.91 Å². The van der Waals surface area contributed by atoms with Crippen LogP contribution in [0.5, 0.6) is 11.5 Å². The van der Waals surface area contributed by atoms with Crippen LogP contribution in [0.15, 0.2) is 78.9 Å². The Morgan fingerprint density at radius 3 is 2.08 bits per heavy atom. The van der Waals surface area contributed by atoms with Gasteiger partial charge < -0.3 is 10.1 Å². The van der Waals surface area contributed by atoms with Gasteiger partial charge in [-0.25, -0.2) is 0 Å². The zero-order chi connectivity index (χ0) is 18.6. The van der Waals surface area contributed by atoms with E-state index in [1.807, 2.05) is 78.9 Å². The van der Waals surface area contributed by atoms with Crippen LogP contribution in [0.25, 0.3) is 0 Å². The van der Waals surface area contributed by atoms with Crippen LogP contribution in [0.1, 0.15) is 36.7 Å². The molecular formula is C23H23NO2. The molecule has 0 heterocycles. The first-order chi connectivity index (χ1) is 12.4. The summed E-state index contributed by atoms with van der Waals surface area (Å²) in [6.07, 6.45) is 0. The van der Waals surface area contributed by atoms with Gasteiger partial charge in [-0.05, 0) is 47.4 Å². The van der Waals surface area contributed by atoms with E-state index in [1.54, 1.807) is 0 Å². The van der Waals surface area contributed by atoms with Crippen molar-refractivity contribution in [1.82, 2.24) is 0 Å². The molecule has 1 amide bonds. The smallest absolute Gasteiger partial charge is 0.255 e. The summed E-state index contributed by atoms with van der Waals surface area (Å²) < 4.78 is 5.90. The minimum Gasteiger partial charge on any atom is -0.455 e. The molecule has 0 aromatic heterocycles. The normalized spacial score (nSPS) is 11.0. The van der Waals surface area contributed by atoms with Gasteiger partial charge in [0.05, 0.1) is 5.69 Å². The molecule has 0 aliphatic carbocycles. The van der Waals surface area contributed by atoms with Crippen molar-refractivity contribution in [3.63, 3.8) is 0 Å². The Bertz CT molecular complexity index is 878. The summed E-state index contributed by atoms with van der Waals surface area (Å²) in [6.45, 7) is 6.46. The van der Waals surface area contributed by atoms with Gasteiger partial charge in [-0.3, -0.25) is 4.79 Å². The van der Waals surface area contributed by atoms with E-state index in [9.17, 15) is 4.79 Å². The molecule has 0 atom stereocenters. The van der Waals surface area contributed by atoms with Crippen molar-refractivity contribution in [3.8, 4) is 11.5 Å². The maximum absolute atomic E-state index is 12.6. The summed E-state index contributed by atoms with van der Waals surface area (Å²) >= 11 is 0. The summed E-state index contributed by atoms with van der Waals surface area (Å²) in [4.78, 5) is 12.6. The Morgan fingerprint density at radius 2 is 1.42 bits per heavy atom. The van der Waals surface area contributed by atoms with E-state index in [2.05, 4.69) is 26.1 Å². The van der Waals surface area contributed by atoms with Crippen molar-refractivity contribution >= 4 is 11.6 Å². The Morgan fingerprint density at radius 1 is 0.808 bits per heavy atom. The minimum absolute atomic E-state index is 0.0606. The van der Waals surface area contributed by atoms with Gasteiger partial charge in [0, 0.05) is 5.56 Å². The second-order valence-corrected chi connectivity index (χ2v) is 7.19. The number of carbonyl (C=O) groups is 1. The zero-order valence-corrected chi connectivity index (χ0v) is 15.3. The SMILES string of the molecule is CC(C)(C)c1ccc(C(=O)Nc2ccccc2Oc2ccccc2)cc1. The van der Waals surface area contributed by atoms with Crippen LogP contribution in [0.3, 0.4) is 0 Å². The van der Waals surface area contributed by atoms with E-state index in [0.29, 0.717) is 17.0 Å². The molecule has 1 N–H and O–H groups in total. The highest BCUT2D eigenvalue weighted by atomic mass is 16.5. The predicted octanol–water partition coefficient (Wildman–Crippen LogP) is 6.03. The van der Waals surface area contributed by atoms with Gasteiger partial charge >= 0.3 is 0 Å². The number of para-hydroxylation sites is 3. The average Bonchev–Trinajstić information content (AvgIpc) is 2.63. The molecule has 0 aliphatic heterocycles. The minimum atomic E-state index is -0.158. The monoisotopic (exact) mass is 345 g/mol. The molecule has 132 valence electrons. The van der Waals surface area contributed by atoms with Crippen LogP contribution in [-0.4, -0.2) is 5.91 Å². The van der Waals surface area contributed by atoms with Crippen LogP contribution in [0.4, 0.5) is 5.69 Å². The topological polar surface area (TPSA) is 38.3 Å². The lowest BCUT2D eigenvalue weighted by molar-refractivity contribution is 0.102. The molecule has 0 fully saturated rings. The van der Waals surface area contributed by atoms with Crippen molar-refractivity contribution < 1.29 is 9.53 Å². The van der Waals surface area contributed by atoms with Gasteiger partial charge in [-0.1, -0.05) is 63.2 Å². The fourth-order valence-electron chi connectivity index (χ4n) is 2.59. The first-order valence-electron chi connectivity index (χ1n) is 8.67.